The van der Waals surface area contributed by atoms with Crippen LogP contribution in [0.1, 0.15) is 16.1 Å². The quantitative estimate of drug-likeness (QED) is 0.751. The largest absolute Gasteiger partial charge is 0.321 e. The van der Waals surface area contributed by atoms with Gasteiger partial charge in [-0.15, -0.1) is 0 Å². The molecule has 92 valence electrons. The fourth-order valence-corrected chi connectivity index (χ4v) is 2.31. The van der Waals surface area contributed by atoms with Gasteiger partial charge in [0.05, 0.1) is 5.69 Å². The first-order chi connectivity index (χ1) is 8.56. The van der Waals surface area contributed by atoms with Crippen LogP contribution in [0.3, 0.4) is 0 Å². The molecular weight excluding hydrogens is 407 g/mol. The first-order valence-electron chi connectivity index (χ1n) is 5.25. The molecular formula is C13H10BrIN2O. The van der Waals surface area contributed by atoms with Crippen molar-refractivity contribution in [2.45, 2.75) is 6.92 Å². The topological polar surface area (TPSA) is 42.0 Å². The molecule has 0 aliphatic rings. The van der Waals surface area contributed by atoms with E-state index in [1.165, 1.54) is 0 Å². The molecule has 0 saturated carbocycles. The van der Waals surface area contributed by atoms with Crippen molar-refractivity contribution < 1.29 is 4.79 Å². The molecule has 0 fully saturated rings. The standard InChI is InChI=1S/C13H10BrIN2O/c1-8-6-9(4-5-16-8)13(18)17-12-7-10(15)2-3-11(12)14/h2-7H,1H3,(H,17,18). The number of rotatable bonds is 2. The Labute approximate surface area is 127 Å². The number of pyridine rings is 1. The Bertz CT molecular complexity index is 601. The molecule has 0 atom stereocenters. The van der Waals surface area contributed by atoms with Crippen molar-refractivity contribution >= 4 is 50.1 Å². The molecule has 1 amide bonds. The second kappa shape index (κ2) is 5.79. The number of carbonyl (C=O) groups excluding carboxylic acids is 1. The molecule has 1 aromatic carbocycles. The van der Waals surface area contributed by atoms with E-state index >= 15 is 0 Å². The maximum atomic E-state index is 12.1. The van der Waals surface area contributed by atoms with Crippen LogP contribution in [0, 0.1) is 10.5 Å². The van der Waals surface area contributed by atoms with Gasteiger partial charge in [-0.2, -0.15) is 0 Å². The van der Waals surface area contributed by atoms with Crippen molar-refractivity contribution in [2.75, 3.05) is 5.32 Å². The van der Waals surface area contributed by atoms with Crippen molar-refractivity contribution in [1.29, 1.82) is 0 Å². The third-order valence-corrected chi connectivity index (χ3v) is 3.70. The minimum atomic E-state index is -0.136. The number of nitrogens with one attached hydrogen (secondary N) is 1. The van der Waals surface area contributed by atoms with E-state index in [0.717, 1.165) is 19.4 Å². The molecule has 0 aliphatic heterocycles. The third-order valence-electron chi connectivity index (χ3n) is 2.34. The first kappa shape index (κ1) is 13.5. The summed E-state index contributed by atoms with van der Waals surface area (Å²) in [5.41, 5.74) is 2.19. The summed E-state index contributed by atoms with van der Waals surface area (Å²) in [6.45, 7) is 1.86. The van der Waals surface area contributed by atoms with Crippen molar-refractivity contribution in [2.24, 2.45) is 0 Å². The number of carbonyl (C=O) groups is 1. The molecule has 0 saturated heterocycles. The average Bonchev–Trinajstić information content (AvgIpc) is 2.34. The van der Waals surface area contributed by atoms with Crippen molar-refractivity contribution in [3.8, 4) is 0 Å². The number of amides is 1. The summed E-state index contributed by atoms with van der Waals surface area (Å²) in [6, 6.07) is 9.25. The summed E-state index contributed by atoms with van der Waals surface area (Å²) < 4.78 is 1.93. The lowest BCUT2D eigenvalue weighted by molar-refractivity contribution is 0.102. The molecule has 1 N–H and O–H groups in total. The summed E-state index contributed by atoms with van der Waals surface area (Å²) in [6.07, 6.45) is 1.63. The van der Waals surface area contributed by atoms with Gasteiger partial charge in [-0.05, 0) is 75.8 Å². The Morgan fingerprint density at radius 1 is 1.33 bits per heavy atom. The van der Waals surface area contributed by atoms with Gasteiger partial charge in [0.1, 0.15) is 0 Å². The number of aromatic nitrogens is 1. The Kier molecular flexibility index (Phi) is 4.34. The van der Waals surface area contributed by atoms with E-state index in [1.54, 1.807) is 18.3 Å². The Morgan fingerprint density at radius 3 is 2.83 bits per heavy atom. The zero-order valence-corrected chi connectivity index (χ0v) is 13.3. The van der Waals surface area contributed by atoms with Gasteiger partial charge in [-0.1, -0.05) is 0 Å². The highest BCUT2D eigenvalue weighted by Crippen LogP contribution is 2.24. The van der Waals surface area contributed by atoms with E-state index in [9.17, 15) is 4.79 Å². The van der Waals surface area contributed by atoms with Gasteiger partial charge in [0.25, 0.3) is 5.91 Å². The fourth-order valence-electron chi connectivity index (χ4n) is 1.47. The van der Waals surface area contributed by atoms with E-state index in [-0.39, 0.29) is 5.91 Å². The SMILES string of the molecule is Cc1cc(C(=O)Nc2cc(I)ccc2Br)ccn1. The van der Waals surface area contributed by atoms with Crippen LogP contribution >= 0.6 is 38.5 Å². The summed E-state index contributed by atoms with van der Waals surface area (Å²) in [4.78, 5) is 16.1. The molecule has 0 unspecified atom stereocenters. The van der Waals surface area contributed by atoms with Gasteiger partial charge in [0.15, 0.2) is 0 Å². The van der Waals surface area contributed by atoms with Crippen LogP contribution in [0.15, 0.2) is 41.0 Å². The number of hydrogen-bond acceptors (Lipinski definition) is 2. The summed E-state index contributed by atoms with van der Waals surface area (Å²) in [5, 5.41) is 2.88. The average molecular weight is 417 g/mol. The van der Waals surface area contributed by atoms with Gasteiger partial charge in [0, 0.05) is 25.5 Å². The molecule has 2 aromatic rings. The van der Waals surface area contributed by atoms with Crippen LogP contribution in [-0.4, -0.2) is 10.9 Å². The van der Waals surface area contributed by atoms with E-state index in [0.29, 0.717) is 5.56 Å². The number of benzene rings is 1. The normalized spacial score (nSPS) is 10.2. The number of halogens is 2. The van der Waals surface area contributed by atoms with Crippen LogP contribution < -0.4 is 5.32 Å². The molecule has 3 nitrogen and oxygen atoms in total. The number of hydrogen-bond donors (Lipinski definition) is 1. The smallest absolute Gasteiger partial charge is 0.255 e. The predicted octanol–water partition coefficient (Wildman–Crippen LogP) is 4.01. The lowest BCUT2D eigenvalue weighted by Crippen LogP contribution is -2.12. The zero-order chi connectivity index (χ0) is 13.1. The lowest BCUT2D eigenvalue weighted by atomic mass is 10.2. The molecule has 0 bridgehead atoms. The van der Waals surface area contributed by atoms with E-state index < -0.39 is 0 Å². The van der Waals surface area contributed by atoms with E-state index in [4.69, 9.17) is 0 Å². The number of anilines is 1. The molecule has 1 aromatic heterocycles. The minimum absolute atomic E-state index is 0.136. The monoisotopic (exact) mass is 416 g/mol. The molecule has 0 spiro atoms. The van der Waals surface area contributed by atoms with Crippen molar-refractivity contribution in [3.05, 3.63) is 55.8 Å². The van der Waals surface area contributed by atoms with Gasteiger partial charge in [0.2, 0.25) is 0 Å². The van der Waals surface area contributed by atoms with Gasteiger partial charge in [-0.3, -0.25) is 9.78 Å². The minimum Gasteiger partial charge on any atom is -0.321 e. The Balaban J connectivity index is 2.24. The van der Waals surface area contributed by atoms with Crippen LogP contribution in [0.4, 0.5) is 5.69 Å². The highest BCUT2D eigenvalue weighted by molar-refractivity contribution is 14.1. The summed E-state index contributed by atoms with van der Waals surface area (Å²) >= 11 is 5.62. The highest BCUT2D eigenvalue weighted by atomic mass is 127. The second-order valence-electron chi connectivity index (χ2n) is 3.76. The zero-order valence-electron chi connectivity index (χ0n) is 9.58. The second-order valence-corrected chi connectivity index (χ2v) is 5.86. The fraction of sp³-hybridized carbons (Fsp3) is 0.0769. The molecule has 5 heteroatoms. The van der Waals surface area contributed by atoms with Crippen molar-refractivity contribution in [1.82, 2.24) is 4.98 Å². The highest BCUT2D eigenvalue weighted by Gasteiger charge is 2.08. The number of nitrogens with zero attached hydrogens (tertiary/aromatic N) is 1. The maximum Gasteiger partial charge on any atom is 0.255 e. The molecule has 0 aliphatic carbocycles. The van der Waals surface area contributed by atoms with Crippen LogP contribution in [0.25, 0.3) is 0 Å². The number of aryl methyl sites for hydroxylation is 1. The lowest BCUT2D eigenvalue weighted by Gasteiger charge is -2.08. The molecule has 2 rings (SSSR count). The molecule has 0 radical (unpaired) electrons. The van der Waals surface area contributed by atoms with Gasteiger partial charge >= 0.3 is 0 Å². The van der Waals surface area contributed by atoms with Gasteiger partial charge in [-0.25, -0.2) is 0 Å². The first-order valence-corrected chi connectivity index (χ1v) is 7.12. The van der Waals surface area contributed by atoms with E-state index in [1.807, 2.05) is 25.1 Å². The Morgan fingerprint density at radius 2 is 2.11 bits per heavy atom. The molecule has 18 heavy (non-hydrogen) atoms. The van der Waals surface area contributed by atoms with Crippen molar-refractivity contribution in [3.63, 3.8) is 0 Å². The van der Waals surface area contributed by atoms with Gasteiger partial charge < -0.3 is 5.32 Å². The van der Waals surface area contributed by atoms with E-state index in [2.05, 4.69) is 48.8 Å². The third kappa shape index (κ3) is 3.29. The van der Waals surface area contributed by atoms with Crippen LogP contribution in [-0.2, 0) is 0 Å². The predicted molar refractivity (Wildman–Crippen MR) is 83.8 cm³/mol. The Hall–Kier alpha value is -0.950. The molecule has 1 heterocycles. The summed E-state index contributed by atoms with van der Waals surface area (Å²) in [5.74, 6) is -0.136. The maximum absolute atomic E-state index is 12.1. The van der Waals surface area contributed by atoms with Crippen LogP contribution in [0.2, 0.25) is 0 Å². The summed E-state index contributed by atoms with van der Waals surface area (Å²) in [7, 11) is 0. The van der Waals surface area contributed by atoms with Crippen LogP contribution in [0.5, 0.6) is 0 Å².